The van der Waals surface area contributed by atoms with E-state index in [-0.39, 0.29) is 5.82 Å². The van der Waals surface area contributed by atoms with Crippen LogP contribution in [0.25, 0.3) is 16.6 Å². The van der Waals surface area contributed by atoms with E-state index in [0.29, 0.717) is 0 Å². The number of fused-ring (bicyclic) bond motifs is 1. The van der Waals surface area contributed by atoms with Gasteiger partial charge in [-0.25, -0.2) is 9.07 Å². The Kier molecular flexibility index (Phi) is 2.48. The van der Waals surface area contributed by atoms with Crippen LogP contribution >= 0.6 is 0 Å². The van der Waals surface area contributed by atoms with Crippen molar-refractivity contribution in [2.45, 2.75) is 0 Å². The molecule has 2 aromatic carbocycles. The fourth-order valence-corrected chi connectivity index (χ4v) is 1.99. The highest BCUT2D eigenvalue weighted by Crippen LogP contribution is 2.26. The van der Waals surface area contributed by atoms with Gasteiger partial charge >= 0.3 is 0 Å². The van der Waals surface area contributed by atoms with E-state index in [1.165, 1.54) is 12.1 Å². The summed E-state index contributed by atoms with van der Waals surface area (Å²) < 4.78 is 20.0. The molecular formula is C14H11FN2O. The maximum absolute atomic E-state index is 12.9. The van der Waals surface area contributed by atoms with Gasteiger partial charge in [-0.2, -0.15) is 5.10 Å². The van der Waals surface area contributed by atoms with E-state index in [2.05, 4.69) is 5.10 Å². The number of hydrogen-bond donors (Lipinski definition) is 0. The van der Waals surface area contributed by atoms with Crippen LogP contribution in [0.4, 0.5) is 4.39 Å². The van der Waals surface area contributed by atoms with Crippen LogP contribution in [0.15, 0.2) is 48.7 Å². The minimum Gasteiger partial charge on any atom is -0.496 e. The van der Waals surface area contributed by atoms with E-state index < -0.39 is 0 Å². The number of ether oxygens (including phenoxy) is 1. The van der Waals surface area contributed by atoms with Crippen LogP contribution in [0.1, 0.15) is 0 Å². The van der Waals surface area contributed by atoms with Crippen molar-refractivity contribution in [3.05, 3.63) is 54.5 Å². The smallest absolute Gasteiger partial charge is 0.129 e. The Hall–Kier alpha value is -2.36. The van der Waals surface area contributed by atoms with E-state index in [4.69, 9.17) is 4.74 Å². The summed E-state index contributed by atoms with van der Waals surface area (Å²) in [5.41, 5.74) is 1.75. The molecule has 3 rings (SSSR count). The molecule has 1 heterocycles. The maximum atomic E-state index is 12.9. The second-order valence-corrected chi connectivity index (χ2v) is 3.93. The van der Waals surface area contributed by atoms with Crippen molar-refractivity contribution in [3.63, 3.8) is 0 Å². The summed E-state index contributed by atoms with van der Waals surface area (Å²) >= 11 is 0. The van der Waals surface area contributed by atoms with Crippen LogP contribution in [-0.4, -0.2) is 16.9 Å². The number of aromatic nitrogens is 2. The van der Waals surface area contributed by atoms with Gasteiger partial charge in [0, 0.05) is 0 Å². The number of nitrogens with zero attached hydrogens (tertiary/aromatic N) is 2. The molecule has 0 N–H and O–H groups in total. The highest BCUT2D eigenvalue weighted by atomic mass is 19.1. The predicted molar refractivity (Wildman–Crippen MR) is 67.6 cm³/mol. The average molecular weight is 242 g/mol. The van der Waals surface area contributed by atoms with E-state index in [9.17, 15) is 4.39 Å². The lowest BCUT2D eigenvalue weighted by Crippen LogP contribution is -1.95. The lowest BCUT2D eigenvalue weighted by molar-refractivity contribution is 0.420. The quantitative estimate of drug-likeness (QED) is 0.690. The third kappa shape index (κ3) is 1.62. The fourth-order valence-electron chi connectivity index (χ4n) is 1.99. The molecule has 0 saturated heterocycles. The monoisotopic (exact) mass is 242 g/mol. The highest BCUT2D eigenvalue weighted by Gasteiger charge is 2.08. The van der Waals surface area contributed by atoms with Crippen LogP contribution in [0, 0.1) is 5.82 Å². The maximum Gasteiger partial charge on any atom is 0.129 e. The first-order valence-electron chi connectivity index (χ1n) is 5.56. The Morgan fingerprint density at radius 3 is 2.61 bits per heavy atom. The molecule has 0 bridgehead atoms. The summed E-state index contributed by atoms with van der Waals surface area (Å²) in [5.74, 6) is 0.522. The van der Waals surface area contributed by atoms with E-state index in [1.807, 2.05) is 18.2 Å². The normalized spacial score (nSPS) is 10.8. The number of methoxy groups -OCH3 is 1. The summed E-state index contributed by atoms with van der Waals surface area (Å²) in [4.78, 5) is 0. The van der Waals surface area contributed by atoms with Gasteiger partial charge in [0.2, 0.25) is 0 Å². The van der Waals surface area contributed by atoms with Crippen molar-refractivity contribution in [2.24, 2.45) is 0 Å². The third-order valence-corrected chi connectivity index (χ3v) is 2.86. The molecule has 90 valence electrons. The van der Waals surface area contributed by atoms with Gasteiger partial charge in [-0.1, -0.05) is 6.07 Å². The zero-order valence-electron chi connectivity index (χ0n) is 9.80. The second kappa shape index (κ2) is 4.14. The van der Waals surface area contributed by atoms with Gasteiger partial charge in [0.1, 0.15) is 11.6 Å². The van der Waals surface area contributed by atoms with Gasteiger partial charge in [-0.15, -0.1) is 0 Å². The molecule has 1 aromatic heterocycles. The Bertz CT molecular complexity index is 689. The number of halogens is 1. The predicted octanol–water partition coefficient (Wildman–Crippen LogP) is 3.17. The van der Waals surface area contributed by atoms with Crippen molar-refractivity contribution >= 4 is 10.9 Å². The molecule has 0 aliphatic rings. The van der Waals surface area contributed by atoms with Gasteiger partial charge in [-0.3, -0.25) is 0 Å². The second-order valence-electron chi connectivity index (χ2n) is 3.93. The van der Waals surface area contributed by atoms with Gasteiger partial charge < -0.3 is 4.74 Å². The van der Waals surface area contributed by atoms with E-state index in [0.717, 1.165) is 22.3 Å². The Morgan fingerprint density at radius 1 is 1.11 bits per heavy atom. The van der Waals surface area contributed by atoms with Crippen molar-refractivity contribution in [2.75, 3.05) is 7.11 Å². The Labute approximate surface area is 103 Å². The molecule has 4 heteroatoms. The van der Waals surface area contributed by atoms with Crippen molar-refractivity contribution in [1.82, 2.24) is 9.78 Å². The Balaban J connectivity index is 2.21. The van der Waals surface area contributed by atoms with Crippen LogP contribution in [0.5, 0.6) is 5.75 Å². The minimum atomic E-state index is -0.257. The van der Waals surface area contributed by atoms with Crippen LogP contribution < -0.4 is 4.74 Å². The van der Waals surface area contributed by atoms with Crippen LogP contribution in [0.2, 0.25) is 0 Å². The van der Waals surface area contributed by atoms with Crippen LogP contribution in [-0.2, 0) is 0 Å². The molecule has 3 nitrogen and oxygen atoms in total. The molecule has 0 spiro atoms. The third-order valence-electron chi connectivity index (χ3n) is 2.86. The molecule has 0 amide bonds. The molecule has 0 saturated carbocycles. The molecule has 0 unspecified atom stereocenters. The van der Waals surface area contributed by atoms with E-state index >= 15 is 0 Å². The summed E-state index contributed by atoms with van der Waals surface area (Å²) in [6.45, 7) is 0. The number of hydrogen-bond acceptors (Lipinski definition) is 2. The van der Waals surface area contributed by atoms with Gasteiger partial charge in [0.25, 0.3) is 0 Å². The largest absolute Gasteiger partial charge is 0.496 e. The molecule has 0 radical (unpaired) electrons. The minimum absolute atomic E-state index is 0.257. The highest BCUT2D eigenvalue weighted by molar-refractivity contribution is 5.86. The fraction of sp³-hybridized carbons (Fsp3) is 0.0714. The van der Waals surface area contributed by atoms with Crippen molar-refractivity contribution in [1.29, 1.82) is 0 Å². The zero-order valence-corrected chi connectivity index (χ0v) is 9.80. The number of rotatable bonds is 2. The topological polar surface area (TPSA) is 27.1 Å². The van der Waals surface area contributed by atoms with Crippen LogP contribution in [0.3, 0.4) is 0 Å². The zero-order chi connectivity index (χ0) is 12.5. The summed E-state index contributed by atoms with van der Waals surface area (Å²) in [6, 6.07) is 12.0. The summed E-state index contributed by atoms with van der Waals surface area (Å²) in [7, 11) is 1.63. The number of benzene rings is 2. The lowest BCUT2D eigenvalue weighted by Gasteiger charge is -2.04. The first kappa shape index (κ1) is 10.8. The lowest BCUT2D eigenvalue weighted by atomic mass is 10.2. The van der Waals surface area contributed by atoms with Gasteiger partial charge in [0.05, 0.1) is 29.9 Å². The molecule has 3 aromatic rings. The molecule has 18 heavy (non-hydrogen) atoms. The van der Waals surface area contributed by atoms with Crippen molar-refractivity contribution in [3.8, 4) is 11.4 Å². The Morgan fingerprint density at radius 2 is 1.89 bits per heavy atom. The molecule has 0 fully saturated rings. The molecule has 0 aliphatic heterocycles. The first-order valence-corrected chi connectivity index (χ1v) is 5.56. The SMILES string of the molecule is COc1cccc2c1cnn2-c1ccc(F)cc1. The molecular weight excluding hydrogens is 231 g/mol. The molecule has 0 aliphatic carbocycles. The summed E-state index contributed by atoms with van der Waals surface area (Å²) in [5, 5.41) is 5.25. The standard InChI is InChI=1S/C14H11FN2O/c1-18-14-4-2-3-13-12(14)9-16-17(13)11-7-5-10(15)6-8-11/h2-9H,1H3. The summed E-state index contributed by atoms with van der Waals surface area (Å²) in [6.07, 6.45) is 1.75. The first-order chi connectivity index (χ1) is 8.79. The molecule has 0 atom stereocenters. The van der Waals surface area contributed by atoms with Crippen molar-refractivity contribution < 1.29 is 9.13 Å². The van der Waals surface area contributed by atoms with Gasteiger partial charge in [0.15, 0.2) is 0 Å². The average Bonchev–Trinajstić information content (AvgIpc) is 2.83. The van der Waals surface area contributed by atoms with E-state index in [1.54, 1.807) is 30.1 Å². The van der Waals surface area contributed by atoms with Gasteiger partial charge in [-0.05, 0) is 36.4 Å².